The van der Waals surface area contributed by atoms with E-state index < -0.39 is 63.8 Å². The average molecular weight is 511 g/mol. The van der Waals surface area contributed by atoms with Crippen molar-refractivity contribution in [3.05, 3.63) is 68.5 Å². The van der Waals surface area contributed by atoms with E-state index in [2.05, 4.69) is 4.98 Å². The third-order valence-corrected chi connectivity index (χ3v) is 6.22. The molecule has 0 spiro atoms. The highest BCUT2D eigenvalue weighted by atomic mass is 32.2. The van der Waals surface area contributed by atoms with Crippen LogP contribution >= 0.6 is 0 Å². The van der Waals surface area contributed by atoms with Crippen molar-refractivity contribution < 1.29 is 36.3 Å². The van der Waals surface area contributed by atoms with Crippen LogP contribution in [0.1, 0.15) is 29.8 Å². The van der Waals surface area contributed by atoms with Gasteiger partial charge in [-0.15, -0.1) is 0 Å². The zero-order valence-electron chi connectivity index (χ0n) is 19.5. The number of H-pyrrole nitrogens is 1. The Kier molecular flexibility index (Phi) is 6.49. The molecule has 0 radical (unpaired) electrons. The number of hydrogen-bond donors (Lipinski definition) is 1. The number of ether oxygens (including phenoxy) is 4. The Bertz CT molecular complexity index is 1330. The quantitative estimate of drug-likeness (QED) is 0.405. The summed E-state index contributed by atoms with van der Waals surface area (Å²) in [7, 11) is -3.97. The molecular weight excluding hydrogens is 484 g/mol. The number of nitrogens with one attached hydrogen (secondary N) is 1. The number of hydrogen-bond acceptors (Lipinski definition) is 10. The van der Waals surface area contributed by atoms with E-state index >= 15 is 0 Å². The number of aromatic nitrogens is 2. The monoisotopic (exact) mass is 510 g/mol. The van der Waals surface area contributed by atoms with Gasteiger partial charge in [-0.2, -0.15) is 8.42 Å². The molecular formula is C22H26N2O10S. The third kappa shape index (κ3) is 5.23. The van der Waals surface area contributed by atoms with Gasteiger partial charge in [-0.3, -0.25) is 18.5 Å². The number of aromatic amines is 1. The molecule has 1 aromatic heterocycles. The van der Waals surface area contributed by atoms with Gasteiger partial charge in [-0.25, -0.2) is 9.59 Å². The van der Waals surface area contributed by atoms with Crippen molar-refractivity contribution in [2.24, 2.45) is 0 Å². The number of carbonyl (C=O) groups excluding carboxylic acids is 1. The molecule has 35 heavy (non-hydrogen) atoms. The molecule has 12 nitrogen and oxygen atoms in total. The van der Waals surface area contributed by atoms with Crippen LogP contribution in [0.25, 0.3) is 0 Å². The van der Waals surface area contributed by atoms with Crippen molar-refractivity contribution in [1.29, 1.82) is 0 Å². The van der Waals surface area contributed by atoms with Crippen LogP contribution in [0.4, 0.5) is 0 Å². The lowest BCUT2D eigenvalue weighted by molar-refractivity contribution is -0.242. The highest BCUT2D eigenvalue weighted by Gasteiger charge is 2.65. The highest BCUT2D eigenvalue weighted by molar-refractivity contribution is 7.85. The Balaban J connectivity index is 1.69. The Hall–Kier alpha value is -2.84. The van der Waals surface area contributed by atoms with E-state index in [1.165, 1.54) is 0 Å². The Labute approximate surface area is 200 Å². The number of benzene rings is 1. The first kappa shape index (κ1) is 25.3. The van der Waals surface area contributed by atoms with E-state index in [0.717, 1.165) is 28.6 Å². The van der Waals surface area contributed by atoms with E-state index in [-0.39, 0.29) is 6.61 Å². The summed E-state index contributed by atoms with van der Waals surface area (Å²) in [6.45, 7) is 4.21. The molecule has 0 bridgehead atoms. The van der Waals surface area contributed by atoms with Gasteiger partial charge in [0.1, 0.15) is 31.5 Å². The van der Waals surface area contributed by atoms with Gasteiger partial charge in [0.05, 0.1) is 11.8 Å². The smallest absolute Gasteiger partial charge is 0.338 e. The first-order chi connectivity index (χ1) is 16.3. The largest absolute Gasteiger partial charge is 0.459 e. The van der Waals surface area contributed by atoms with Crippen LogP contribution in [0.5, 0.6) is 0 Å². The van der Waals surface area contributed by atoms with Crippen molar-refractivity contribution in [2.75, 3.05) is 19.5 Å². The van der Waals surface area contributed by atoms with Crippen molar-refractivity contribution in [3.8, 4) is 0 Å². The van der Waals surface area contributed by atoms with E-state index in [1.807, 2.05) is 6.92 Å². The second-order valence-corrected chi connectivity index (χ2v) is 10.6. The fraction of sp³-hybridized carbons (Fsp3) is 0.500. The number of fused-ring (bicyclic) bond motifs is 1. The molecule has 2 aliphatic heterocycles. The minimum Gasteiger partial charge on any atom is -0.459 e. The third-order valence-electron chi connectivity index (χ3n) is 5.67. The van der Waals surface area contributed by atoms with Crippen LogP contribution in [0.15, 0.2) is 46.1 Å². The average Bonchev–Trinajstić information content (AvgIpc) is 3.22. The number of aryl methyl sites for hydroxylation is 1. The summed E-state index contributed by atoms with van der Waals surface area (Å²) in [4.78, 5) is 39.1. The number of rotatable bonds is 7. The second kappa shape index (κ2) is 8.99. The summed E-state index contributed by atoms with van der Waals surface area (Å²) in [5.41, 5.74) is -2.09. The topological polar surface area (TPSA) is 152 Å². The van der Waals surface area contributed by atoms with Gasteiger partial charge in [-0.05, 0) is 32.9 Å². The molecule has 13 heteroatoms. The Morgan fingerprint density at radius 1 is 1.11 bits per heavy atom. The van der Waals surface area contributed by atoms with Crippen LogP contribution < -0.4 is 11.2 Å². The Morgan fingerprint density at radius 3 is 2.43 bits per heavy atom. The molecule has 2 saturated heterocycles. The van der Waals surface area contributed by atoms with E-state index in [0.29, 0.717) is 5.56 Å². The van der Waals surface area contributed by atoms with Crippen molar-refractivity contribution >= 4 is 16.1 Å². The maximum Gasteiger partial charge on any atom is 0.338 e. The minimum absolute atomic E-state index is 0.286. The molecule has 190 valence electrons. The number of carbonyl (C=O) groups is 1. The van der Waals surface area contributed by atoms with Gasteiger partial charge >= 0.3 is 11.7 Å². The molecule has 4 atom stereocenters. The number of esters is 1. The standard InChI is InChI=1S/C22H26N2O10S/c1-13-5-7-14(8-6-13)19(26)30-11-15-17-18(34-21(2,3)33-17)22(32-15,12-31-35(4,28)29)24-10-9-16(25)23-20(24)27/h5-10,15,17-18H,11-12H2,1-4H3,(H,23,25,27)/t15-,17-,18-,22-/m1/s1. The molecule has 1 aromatic carbocycles. The maximum atomic E-state index is 12.7. The summed E-state index contributed by atoms with van der Waals surface area (Å²) < 4.78 is 53.3. The van der Waals surface area contributed by atoms with Crippen LogP contribution in [-0.4, -0.2) is 67.5 Å². The molecule has 0 unspecified atom stereocenters. The van der Waals surface area contributed by atoms with Crippen molar-refractivity contribution in [2.45, 2.75) is 50.6 Å². The first-order valence-electron chi connectivity index (χ1n) is 10.7. The van der Waals surface area contributed by atoms with Crippen LogP contribution in [0.2, 0.25) is 0 Å². The second-order valence-electron chi connectivity index (χ2n) is 8.93. The van der Waals surface area contributed by atoms with Crippen LogP contribution in [0.3, 0.4) is 0 Å². The van der Waals surface area contributed by atoms with E-state index in [4.69, 9.17) is 23.1 Å². The van der Waals surface area contributed by atoms with Crippen LogP contribution in [-0.2, 0) is 39.0 Å². The van der Waals surface area contributed by atoms with Gasteiger partial charge in [0, 0.05) is 12.3 Å². The minimum atomic E-state index is -3.97. The molecule has 3 heterocycles. The molecule has 1 N–H and O–H groups in total. The lowest BCUT2D eigenvalue weighted by Crippen LogP contribution is -2.54. The van der Waals surface area contributed by atoms with Gasteiger partial charge in [0.15, 0.2) is 5.79 Å². The van der Waals surface area contributed by atoms with E-state index in [1.54, 1.807) is 38.1 Å². The Morgan fingerprint density at radius 2 is 1.80 bits per heavy atom. The predicted molar refractivity (Wildman–Crippen MR) is 120 cm³/mol. The zero-order valence-corrected chi connectivity index (χ0v) is 20.4. The number of nitrogens with zero attached hydrogens (tertiary/aromatic N) is 1. The molecule has 2 fully saturated rings. The van der Waals surface area contributed by atoms with Crippen molar-refractivity contribution in [1.82, 2.24) is 9.55 Å². The molecule has 2 aliphatic rings. The summed E-state index contributed by atoms with van der Waals surface area (Å²) in [6.07, 6.45) is -0.874. The lowest BCUT2D eigenvalue weighted by atomic mass is 10.0. The van der Waals surface area contributed by atoms with Gasteiger partial charge in [0.25, 0.3) is 15.7 Å². The van der Waals surface area contributed by atoms with Gasteiger partial charge < -0.3 is 18.9 Å². The lowest BCUT2D eigenvalue weighted by Gasteiger charge is -2.35. The maximum absolute atomic E-state index is 12.7. The molecule has 2 aromatic rings. The zero-order chi connectivity index (χ0) is 25.6. The summed E-state index contributed by atoms with van der Waals surface area (Å²) >= 11 is 0. The molecule has 0 amide bonds. The molecule has 0 aliphatic carbocycles. The van der Waals surface area contributed by atoms with Gasteiger partial charge in [0.2, 0.25) is 5.72 Å². The fourth-order valence-corrected chi connectivity index (χ4v) is 4.53. The fourth-order valence-electron chi connectivity index (χ4n) is 4.15. The highest BCUT2D eigenvalue weighted by Crippen LogP contribution is 2.46. The summed E-state index contributed by atoms with van der Waals surface area (Å²) in [5, 5.41) is 0. The normalized spacial score (nSPS) is 27.5. The van der Waals surface area contributed by atoms with Crippen molar-refractivity contribution in [3.63, 3.8) is 0 Å². The van der Waals surface area contributed by atoms with Crippen LogP contribution in [0, 0.1) is 6.92 Å². The van der Waals surface area contributed by atoms with Gasteiger partial charge in [-0.1, -0.05) is 17.7 Å². The summed E-state index contributed by atoms with van der Waals surface area (Å²) in [6, 6.07) is 7.86. The first-order valence-corrected chi connectivity index (χ1v) is 12.6. The molecule has 0 saturated carbocycles. The SMILES string of the molecule is Cc1ccc(C(=O)OC[C@H]2O[C@@](COS(C)(=O)=O)(n3ccc(=O)[nH]c3=O)[C@@H]3OC(C)(C)O[C@@H]32)cc1. The summed E-state index contributed by atoms with van der Waals surface area (Å²) in [5.74, 6) is -1.74. The molecule has 4 rings (SSSR count). The van der Waals surface area contributed by atoms with E-state index in [9.17, 15) is 22.8 Å². The predicted octanol–water partition coefficient (Wildman–Crippen LogP) is 0.250.